The number of nitrogens with one attached hydrogen (secondary N) is 1. The van der Waals surface area contributed by atoms with E-state index < -0.39 is 0 Å². The van der Waals surface area contributed by atoms with Crippen LogP contribution in [0.25, 0.3) is 11.3 Å². The molecule has 0 unspecified atom stereocenters. The van der Waals surface area contributed by atoms with E-state index in [4.69, 9.17) is 4.74 Å². The minimum absolute atomic E-state index is 0.767. The molecule has 2 rings (SSSR count). The van der Waals surface area contributed by atoms with Crippen molar-refractivity contribution in [3.8, 4) is 17.0 Å². The fraction of sp³-hybridized carbons (Fsp3) is 0.231. The number of hydrogen-bond donors (Lipinski definition) is 1. The summed E-state index contributed by atoms with van der Waals surface area (Å²) < 4.78 is 5.23. The Bertz CT molecular complexity index is 485. The van der Waals surface area contributed by atoms with Crippen molar-refractivity contribution in [2.45, 2.75) is 6.54 Å². The first-order chi connectivity index (χ1) is 8.35. The molecule has 0 aliphatic heterocycles. The highest BCUT2D eigenvalue weighted by Crippen LogP contribution is 2.25. The number of ether oxygens (including phenoxy) is 1. The molecule has 1 aromatic heterocycles. The summed E-state index contributed by atoms with van der Waals surface area (Å²) in [5, 5.41) is 3.14. The zero-order valence-electron chi connectivity index (χ0n) is 9.97. The van der Waals surface area contributed by atoms with Crippen molar-refractivity contribution in [2.24, 2.45) is 0 Å². The van der Waals surface area contributed by atoms with Gasteiger partial charge >= 0.3 is 0 Å². The normalized spacial score (nSPS) is 10.2. The molecule has 0 atom stereocenters. The molecule has 1 heterocycles. The third kappa shape index (κ3) is 2.60. The Morgan fingerprint density at radius 2 is 2.18 bits per heavy atom. The lowest BCUT2D eigenvalue weighted by atomic mass is 10.0. The number of aromatic nitrogens is 2. The van der Waals surface area contributed by atoms with Gasteiger partial charge in [-0.1, -0.05) is 0 Å². The minimum Gasteiger partial charge on any atom is -0.497 e. The summed E-state index contributed by atoms with van der Waals surface area (Å²) in [6, 6.07) is 5.96. The van der Waals surface area contributed by atoms with Gasteiger partial charge in [0, 0.05) is 24.5 Å². The molecule has 17 heavy (non-hydrogen) atoms. The molecule has 2 aromatic rings. The summed E-state index contributed by atoms with van der Waals surface area (Å²) in [4.78, 5) is 8.41. The van der Waals surface area contributed by atoms with Crippen molar-refractivity contribution in [3.63, 3.8) is 0 Å². The third-order valence-electron chi connectivity index (χ3n) is 2.52. The SMILES string of the molecule is CNCc1cc(OC)ccc1-c1cnccn1. The van der Waals surface area contributed by atoms with Gasteiger partial charge in [0.25, 0.3) is 0 Å². The van der Waals surface area contributed by atoms with Crippen LogP contribution in [0, 0.1) is 0 Å². The van der Waals surface area contributed by atoms with E-state index >= 15 is 0 Å². The van der Waals surface area contributed by atoms with E-state index in [-0.39, 0.29) is 0 Å². The maximum absolute atomic E-state index is 5.23. The highest BCUT2D eigenvalue weighted by molar-refractivity contribution is 5.64. The molecule has 4 nitrogen and oxygen atoms in total. The molecule has 0 spiro atoms. The van der Waals surface area contributed by atoms with Crippen LogP contribution in [0.2, 0.25) is 0 Å². The molecule has 0 amide bonds. The number of methoxy groups -OCH3 is 1. The second-order valence-corrected chi connectivity index (χ2v) is 3.64. The Hall–Kier alpha value is -1.94. The molecule has 1 N–H and O–H groups in total. The zero-order chi connectivity index (χ0) is 12.1. The molecule has 0 saturated carbocycles. The maximum atomic E-state index is 5.23. The van der Waals surface area contributed by atoms with E-state index in [0.717, 1.165) is 29.1 Å². The Balaban J connectivity index is 2.46. The molecule has 4 heteroatoms. The van der Waals surface area contributed by atoms with Gasteiger partial charge in [0.2, 0.25) is 0 Å². The van der Waals surface area contributed by atoms with Crippen LogP contribution in [0.5, 0.6) is 5.75 Å². The lowest BCUT2D eigenvalue weighted by Crippen LogP contribution is -2.07. The van der Waals surface area contributed by atoms with Crippen molar-refractivity contribution in [1.29, 1.82) is 0 Å². The topological polar surface area (TPSA) is 47.0 Å². The Labute approximate surface area is 101 Å². The maximum Gasteiger partial charge on any atom is 0.119 e. The number of benzene rings is 1. The molecular weight excluding hydrogens is 214 g/mol. The molecule has 0 radical (unpaired) electrons. The number of nitrogens with zero attached hydrogens (tertiary/aromatic N) is 2. The smallest absolute Gasteiger partial charge is 0.119 e. The van der Waals surface area contributed by atoms with Crippen LogP contribution < -0.4 is 10.1 Å². The van der Waals surface area contributed by atoms with Gasteiger partial charge in [-0.15, -0.1) is 0 Å². The molecule has 0 aliphatic rings. The largest absolute Gasteiger partial charge is 0.497 e. The van der Waals surface area contributed by atoms with E-state index in [0.29, 0.717) is 0 Å². The summed E-state index contributed by atoms with van der Waals surface area (Å²) in [5.41, 5.74) is 3.10. The molecule has 1 aromatic carbocycles. The molecule has 0 fully saturated rings. The van der Waals surface area contributed by atoms with E-state index in [9.17, 15) is 0 Å². The predicted octanol–water partition coefficient (Wildman–Crippen LogP) is 1.87. The molecule has 88 valence electrons. The van der Waals surface area contributed by atoms with Crippen LogP contribution in [0.3, 0.4) is 0 Å². The third-order valence-corrected chi connectivity index (χ3v) is 2.52. The Morgan fingerprint density at radius 3 is 2.82 bits per heavy atom. The van der Waals surface area contributed by atoms with Crippen LogP contribution in [0.1, 0.15) is 5.56 Å². The van der Waals surface area contributed by atoms with Gasteiger partial charge in [0.15, 0.2) is 0 Å². The first-order valence-electron chi connectivity index (χ1n) is 5.43. The summed E-state index contributed by atoms with van der Waals surface area (Å²) in [5.74, 6) is 0.850. The van der Waals surface area contributed by atoms with Gasteiger partial charge in [0.05, 0.1) is 19.0 Å². The highest BCUT2D eigenvalue weighted by atomic mass is 16.5. The van der Waals surface area contributed by atoms with Crippen LogP contribution in [-0.2, 0) is 6.54 Å². The minimum atomic E-state index is 0.767. The van der Waals surface area contributed by atoms with Crippen LogP contribution in [0.4, 0.5) is 0 Å². The highest BCUT2D eigenvalue weighted by Gasteiger charge is 2.07. The van der Waals surface area contributed by atoms with E-state index in [1.54, 1.807) is 25.7 Å². The van der Waals surface area contributed by atoms with E-state index in [1.165, 1.54) is 0 Å². The molecule has 0 saturated heterocycles. The standard InChI is InChI=1S/C13H15N3O/c1-14-8-10-7-11(17-2)3-4-12(10)13-9-15-5-6-16-13/h3-7,9,14H,8H2,1-2H3. The quantitative estimate of drug-likeness (QED) is 0.869. The zero-order valence-corrected chi connectivity index (χ0v) is 9.97. The van der Waals surface area contributed by atoms with Crippen molar-refractivity contribution in [2.75, 3.05) is 14.2 Å². The fourth-order valence-corrected chi connectivity index (χ4v) is 1.72. The van der Waals surface area contributed by atoms with Gasteiger partial charge in [-0.05, 0) is 30.8 Å². The molecular formula is C13H15N3O. The fourth-order valence-electron chi connectivity index (χ4n) is 1.72. The van der Waals surface area contributed by atoms with E-state index in [2.05, 4.69) is 15.3 Å². The monoisotopic (exact) mass is 229 g/mol. The van der Waals surface area contributed by atoms with Crippen LogP contribution >= 0.6 is 0 Å². The van der Waals surface area contributed by atoms with Crippen molar-refractivity contribution in [1.82, 2.24) is 15.3 Å². The van der Waals surface area contributed by atoms with Crippen molar-refractivity contribution < 1.29 is 4.74 Å². The lowest BCUT2D eigenvalue weighted by molar-refractivity contribution is 0.414. The number of rotatable bonds is 4. The Morgan fingerprint density at radius 1 is 1.29 bits per heavy atom. The van der Waals surface area contributed by atoms with Gasteiger partial charge in [-0.2, -0.15) is 0 Å². The average Bonchev–Trinajstić information content (AvgIpc) is 2.40. The summed E-state index contributed by atoms with van der Waals surface area (Å²) in [6.45, 7) is 0.767. The van der Waals surface area contributed by atoms with Gasteiger partial charge in [-0.25, -0.2) is 0 Å². The summed E-state index contributed by atoms with van der Waals surface area (Å²) >= 11 is 0. The van der Waals surface area contributed by atoms with Crippen molar-refractivity contribution >= 4 is 0 Å². The molecule has 0 aliphatic carbocycles. The number of hydrogen-bond acceptors (Lipinski definition) is 4. The van der Waals surface area contributed by atoms with Crippen LogP contribution in [-0.4, -0.2) is 24.1 Å². The first kappa shape index (κ1) is 11.5. The van der Waals surface area contributed by atoms with Gasteiger partial charge < -0.3 is 10.1 Å². The summed E-state index contributed by atoms with van der Waals surface area (Å²) in [6.07, 6.45) is 5.13. The average molecular weight is 229 g/mol. The lowest BCUT2D eigenvalue weighted by Gasteiger charge is -2.10. The van der Waals surface area contributed by atoms with Crippen LogP contribution in [0.15, 0.2) is 36.8 Å². The van der Waals surface area contributed by atoms with Gasteiger partial charge in [-0.3, -0.25) is 9.97 Å². The predicted molar refractivity (Wildman–Crippen MR) is 66.8 cm³/mol. The van der Waals surface area contributed by atoms with Crippen molar-refractivity contribution in [3.05, 3.63) is 42.4 Å². The second kappa shape index (κ2) is 5.41. The Kier molecular flexibility index (Phi) is 3.67. The van der Waals surface area contributed by atoms with Gasteiger partial charge in [0.1, 0.15) is 5.75 Å². The first-order valence-corrected chi connectivity index (χ1v) is 5.43. The second-order valence-electron chi connectivity index (χ2n) is 3.64. The molecule has 0 bridgehead atoms. The van der Waals surface area contributed by atoms with E-state index in [1.807, 2.05) is 25.2 Å². The summed E-state index contributed by atoms with van der Waals surface area (Å²) in [7, 11) is 3.58.